The van der Waals surface area contributed by atoms with Crippen molar-refractivity contribution in [3.63, 3.8) is 0 Å². The number of hydrogen-bond donors (Lipinski definition) is 2. The Balaban J connectivity index is 1.53. The third kappa shape index (κ3) is 5.87. The summed E-state index contributed by atoms with van der Waals surface area (Å²) in [4.78, 5) is 12.8. The maximum atomic E-state index is 11.6. The van der Waals surface area contributed by atoms with Gasteiger partial charge in [0.05, 0.1) is 6.54 Å². The van der Waals surface area contributed by atoms with Gasteiger partial charge in [0.1, 0.15) is 12.4 Å². The Kier molecular flexibility index (Phi) is 6.09. The van der Waals surface area contributed by atoms with Crippen LogP contribution in [0.3, 0.4) is 0 Å². The molecule has 0 saturated carbocycles. The molecule has 2 N–H and O–H groups in total. The number of carbonyl (C=O) groups is 1. The highest BCUT2D eigenvalue weighted by Crippen LogP contribution is 2.10. The molecule has 0 aliphatic carbocycles. The molecule has 2 amide bonds. The number of amides is 2. The van der Waals surface area contributed by atoms with Gasteiger partial charge in [-0.05, 0) is 36.9 Å². The largest absolute Gasteiger partial charge is 0.492 e. The van der Waals surface area contributed by atoms with E-state index < -0.39 is 0 Å². The number of hydrogen-bond acceptors (Lipinski definition) is 3. The van der Waals surface area contributed by atoms with Crippen LogP contribution in [0.15, 0.2) is 41.8 Å². The van der Waals surface area contributed by atoms with E-state index in [-0.39, 0.29) is 6.03 Å². The van der Waals surface area contributed by atoms with Crippen molar-refractivity contribution in [3.8, 4) is 5.75 Å². The lowest BCUT2D eigenvalue weighted by Crippen LogP contribution is -2.38. The van der Waals surface area contributed by atoms with Crippen LogP contribution < -0.4 is 15.4 Å². The molecule has 2 aromatic rings. The van der Waals surface area contributed by atoms with E-state index in [1.807, 2.05) is 42.6 Å². The highest BCUT2D eigenvalue weighted by atomic mass is 32.1. The Morgan fingerprint density at radius 3 is 2.62 bits per heavy atom. The molecule has 0 spiro atoms. The van der Waals surface area contributed by atoms with Crippen LogP contribution in [0, 0.1) is 6.92 Å². The van der Waals surface area contributed by atoms with E-state index in [0.29, 0.717) is 19.7 Å². The highest BCUT2D eigenvalue weighted by Gasteiger charge is 2.00. The van der Waals surface area contributed by atoms with Crippen LogP contribution in [-0.4, -0.2) is 25.7 Å². The molecule has 1 aromatic heterocycles. The molecule has 0 bridgehead atoms. The van der Waals surface area contributed by atoms with Gasteiger partial charge in [-0.15, -0.1) is 11.3 Å². The topological polar surface area (TPSA) is 50.4 Å². The lowest BCUT2D eigenvalue weighted by molar-refractivity contribution is 0.236. The van der Waals surface area contributed by atoms with E-state index in [4.69, 9.17) is 4.74 Å². The second-order valence-corrected chi connectivity index (χ2v) is 5.71. The van der Waals surface area contributed by atoms with Crippen molar-refractivity contribution >= 4 is 17.4 Å². The van der Waals surface area contributed by atoms with E-state index >= 15 is 0 Å². The quantitative estimate of drug-likeness (QED) is 0.773. The lowest BCUT2D eigenvalue weighted by atomic mass is 10.2. The zero-order chi connectivity index (χ0) is 14.9. The monoisotopic (exact) mass is 304 g/mol. The molecule has 1 heterocycles. The zero-order valence-corrected chi connectivity index (χ0v) is 12.9. The molecule has 21 heavy (non-hydrogen) atoms. The number of ether oxygens (including phenoxy) is 1. The Bertz CT molecular complexity index is 538. The summed E-state index contributed by atoms with van der Waals surface area (Å²) in [5.74, 6) is 0.820. The van der Waals surface area contributed by atoms with Crippen LogP contribution in [0.4, 0.5) is 4.79 Å². The molecule has 0 aliphatic rings. The second kappa shape index (κ2) is 8.32. The molecule has 0 radical (unpaired) electrons. The third-order valence-electron chi connectivity index (χ3n) is 2.91. The summed E-state index contributed by atoms with van der Waals surface area (Å²) >= 11 is 1.70. The minimum absolute atomic E-state index is 0.154. The average Bonchev–Trinajstić information content (AvgIpc) is 2.99. The maximum Gasteiger partial charge on any atom is 0.314 e. The Hall–Kier alpha value is -2.01. The molecule has 0 aliphatic heterocycles. The average molecular weight is 304 g/mol. The summed E-state index contributed by atoms with van der Waals surface area (Å²) in [6.07, 6.45) is 0.866. The normalized spacial score (nSPS) is 10.1. The standard InChI is InChI=1S/C16H20N2O2S/c1-13-4-6-14(7-5-13)20-11-10-18-16(19)17-9-8-15-3-2-12-21-15/h2-7,12H,8-11H2,1H3,(H2,17,18,19). The van der Waals surface area contributed by atoms with E-state index in [1.54, 1.807) is 11.3 Å². The van der Waals surface area contributed by atoms with Crippen molar-refractivity contribution in [2.24, 2.45) is 0 Å². The van der Waals surface area contributed by atoms with Crippen molar-refractivity contribution in [3.05, 3.63) is 52.2 Å². The van der Waals surface area contributed by atoms with E-state index in [1.165, 1.54) is 10.4 Å². The molecule has 0 saturated heterocycles. The van der Waals surface area contributed by atoms with Gasteiger partial charge >= 0.3 is 6.03 Å². The van der Waals surface area contributed by atoms with Crippen molar-refractivity contribution in [1.82, 2.24) is 10.6 Å². The molecular weight excluding hydrogens is 284 g/mol. The zero-order valence-electron chi connectivity index (χ0n) is 12.1. The van der Waals surface area contributed by atoms with E-state index in [9.17, 15) is 4.79 Å². The van der Waals surface area contributed by atoms with Gasteiger partial charge in [-0.3, -0.25) is 0 Å². The number of rotatable bonds is 7. The van der Waals surface area contributed by atoms with Crippen LogP contribution in [0.5, 0.6) is 5.75 Å². The first-order valence-corrected chi connectivity index (χ1v) is 7.85. The number of nitrogens with one attached hydrogen (secondary N) is 2. The number of carbonyl (C=O) groups excluding carboxylic acids is 1. The van der Waals surface area contributed by atoms with Gasteiger partial charge in [0.15, 0.2) is 0 Å². The Labute approximate surface area is 129 Å². The van der Waals surface area contributed by atoms with Crippen molar-refractivity contribution in [2.75, 3.05) is 19.7 Å². The van der Waals surface area contributed by atoms with Gasteiger partial charge in [0, 0.05) is 11.4 Å². The minimum Gasteiger partial charge on any atom is -0.492 e. The fraction of sp³-hybridized carbons (Fsp3) is 0.312. The van der Waals surface area contributed by atoms with Crippen LogP contribution in [0.2, 0.25) is 0 Å². The van der Waals surface area contributed by atoms with Crippen LogP contribution in [0.25, 0.3) is 0 Å². The van der Waals surface area contributed by atoms with Gasteiger partial charge in [-0.25, -0.2) is 4.79 Å². The number of aryl methyl sites for hydroxylation is 1. The van der Waals surface area contributed by atoms with Crippen LogP contribution in [0.1, 0.15) is 10.4 Å². The summed E-state index contributed by atoms with van der Waals surface area (Å²) < 4.78 is 5.53. The van der Waals surface area contributed by atoms with Crippen molar-refractivity contribution < 1.29 is 9.53 Å². The molecule has 0 atom stereocenters. The first-order chi connectivity index (χ1) is 10.2. The van der Waals surface area contributed by atoms with Gasteiger partial charge in [-0.1, -0.05) is 23.8 Å². The third-order valence-corrected chi connectivity index (χ3v) is 3.85. The summed E-state index contributed by atoms with van der Waals surface area (Å²) in [5.41, 5.74) is 1.20. The fourth-order valence-corrected chi connectivity index (χ4v) is 2.49. The Morgan fingerprint density at radius 2 is 1.90 bits per heavy atom. The lowest BCUT2D eigenvalue weighted by Gasteiger charge is -2.09. The molecule has 4 nitrogen and oxygen atoms in total. The molecule has 1 aromatic carbocycles. The predicted molar refractivity (Wildman–Crippen MR) is 86.1 cm³/mol. The second-order valence-electron chi connectivity index (χ2n) is 4.67. The molecule has 5 heteroatoms. The highest BCUT2D eigenvalue weighted by molar-refractivity contribution is 7.09. The van der Waals surface area contributed by atoms with Gasteiger partial charge < -0.3 is 15.4 Å². The fourth-order valence-electron chi connectivity index (χ4n) is 1.78. The maximum absolute atomic E-state index is 11.6. The summed E-state index contributed by atoms with van der Waals surface area (Å²) in [6.45, 7) is 3.62. The molecule has 112 valence electrons. The summed E-state index contributed by atoms with van der Waals surface area (Å²) in [7, 11) is 0. The van der Waals surface area contributed by atoms with Gasteiger partial charge in [0.25, 0.3) is 0 Å². The van der Waals surface area contributed by atoms with Gasteiger partial charge in [0.2, 0.25) is 0 Å². The van der Waals surface area contributed by atoms with Crippen molar-refractivity contribution in [1.29, 1.82) is 0 Å². The SMILES string of the molecule is Cc1ccc(OCCNC(=O)NCCc2cccs2)cc1. The Morgan fingerprint density at radius 1 is 1.14 bits per heavy atom. The number of thiophene rings is 1. The first kappa shape index (κ1) is 15.4. The molecule has 2 rings (SSSR count). The summed E-state index contributed by atoms with van der Waals surface area (Å²) in [5, 5.41) is 7.64. The van der Waals surface area contributed by atoms with Crippen molar-refractivity contribution in [2.45, 2.75) is 13.3 Å². The smallest absolute Gasteiger partial charge is 0.314 e. The van der Waals surface area contributed by atoms with E-state index in [2.05, 4.69) is 16.7 Å². The number of urea groups is 1. The molecular formula is C16H20N2O2S. The molecule has 0 unspecified atom stereocenters. The predicted octanol–water partition coefficient (Wildman–Crippen LogP) is 2.98. The van der Waals surface area contributed by atoms with Gasteiger partial charge in [-0.2, -0.15) is 0 Å². The first-order valence-electron chi connectivity index (χ1n) is 6.97. The number of benzene rings is 1. The molecule has 0 fully saturated rings. The minimum atomic E-state index is -0.154. The summed E-state index contributed by atoms with van der Waals surface area (Å²) in [6, 6.07) is 11.8. The van der Waals surface area contributed by atoms with E-state index in [0.717, 1.165) is 12.2 Å². The van der Waals surface area contributed by atoms with Crippen LogP contribution >= 0.6 is 11.3 Å². The van der Waals surface area contributed by atoms with Crippen LogP contribution in [-0.2, 0) is 6.42 Å².